The van der Waals surface area contributed by atoms with Crippen LogP contribution in [0.25, 0.3) is 0 Å². The van der Waals surface area contributed by atoms with E-state index >= 15 is 0 Å². The van der Waals surface area contributed by atoms with E-state index in [2.05, 4.69) is 10.2 Å². The van der Waals surface area contributed by atoms with Gasteiger partial charge in [0.2, 0.25) is 0 Å². The maximum atomic E-state index is 12.8. The molecule has 2 aliphatic rings. The van der Waals surface area contributed by atoms with Crippen molar-refractivity contribution in [3.63, 3.8) is 0 Å². The third-order valence-corrected chi connectivity index (χ3v) is 5.20. The van der Waals surface area contributed by atoms with Crippen molar-refractivity contribution in [3.8, 4) is 11.5 Å². The quantitative estimate of drug-likeness (QED) is 0.920. The predicted molar refractivity (Wildman–Crippen MR) is 102 cm³/mol. The number of para-hydroxylation sites is 1. The fraction of sp³-hybridized carbons (Fsp3) is 0.381. The van der Waals surface area contributed by atoms with Gasteiger partial charge in [0.25, 0.3) is 5.91 Å². The lowest BCUT2D eigenvalue weighted by atomic mass is 10.2. The highest BCUT2D eigenvalue weighted by atomic mass is 16.5. The van der Waals surface area contributed by atoms with E-state index in [1.54, 1.807) is 0 Å². The molecule has 2 saturated heterocycles. The molecule has 2 aromatic rings. The van der Waals surface area contributed by atoms with Gasteiger partial charge in [0.05, 0.1) is 0 Å². The minimum atomic E-state index is 0.119. The molecule has 2 aromatic carbocycles. The fourth-order valence-electron chi connectivity index (χ4n) is 3.74. The van der Waals surface area contributed by atoms with Gasteiger partial charge in [-0.25, -0.2) is 0 Å². The standard InChI is InChI=1S/C21H25N3O2/c25-21(24-13-10-18(16-24)23-14-11-22-12-15-23)17-6-8-20(9-7-17)26-19-4-2-1-3-5-19/h1-9,18,22H,10-16H2. The summed E-state index contributed by atoms with van der Waals surface area (Å²) in [5, 5.41) is 3.39. The van der Waals surface area contributed by atoms with Gasteiger partial charge < -0.3 is 15.0 Å². The van der Waals surface area contributed by atoms with E-state index in [9.17, 15) is 4.79 Å². The van der Waals surface area contributed by atoms with Crippen LogP contribution in [-0.2, 0) is 0 Å². The Morgan fingerprint density at radius 1 is 0.923 bits per heavy atom. The molecule has 5 heteroatoms. The van der Waals surface area contributed by atoms with Crippen molar-refractivity contribution in [2.24, 2.45) is 0 Å². The summed E-state index contributed by atoms with van der Waals surface area (Å²) < 4.78 is 5.80. The number of amides is 1. The van der Waals surface area contributed by atoms with Crippen molar-refractivity contribution >= 4 is 5.91 Å². The van der Waals surface area contributed by atoms with Crippen molar-refractivity contribution in [2.75, 3.05) is 39.3 Å². The third-order valence-electron chi connectivity index (χ3n) is 5.20. The Kier molecular flexibility index (Phi) is 5.18. The number of benzene rings is 2. The number of ether oxygens (including phenoxy) is 1. The lowest BCUT2D eigenvalue weighted by molar-refractivity contribution is 0.0773. The van der Waals surface area contributed by atoms with E-state index in [-0.39, 0.29) is 5.91 Å². The highest BCUT2D eigenvalue weighted by molar-refractivity contribution is 5.94. The first-order chi connectivity index (χ1) is 12.8. The Bertz CT molecular complexity index is 727. The van der Waals surface area contributed by atoms with Gasteiger partial charge >= 0.3 is 0 Å². The average molecular weight is 351 g/mol. The Balaban J connectivity index is 1.36. The number of hydrogen-bond donors (Lipinski definition) is 1. The summed E-state index contributed by atoms with van der Waals surface area (Å²) in [4.78, 5) is 17.3. The van der Waals surface area contributed by atoms with Crippen molar-refractivity contribution in [1.29, 1.82) is 0 Å². The molecule has 2 heterocycles. The second-order valence-electron chi connectivity index (χ2n) is 6.92. The molecule has 0 bridgehead atoms. The minimum Gasteiger partial charge on any atom is -0.457 e. The Morgan fingerprint density at radius 3 is 2.35 bits per heavy atom. The smallest absolute Gasteiger partial charge is 0.253 e. The van der Waals surface area contributed by atoms with Gasteiger partial charge in [-0.05, 0) is 42.8 Å². The van der Waals surface area contributed by atoms with Crippen molar-refractivity contribution in [1.82, 2.24) is 15.1 Å². The normalized spacial score (nSPS) is 20.9. The first kappa shape index (κ1) is 17.1. The molecule has 0 radical (unpaired) electrons. The van der Waals surface area contributed by atoms with Crippen molar-refractivity contribution in [2.45, 2.75) is 12.5 Å². The Labute approximate surface area is 154 Å². The van der Waals surface area contributed by atoms with Crippen LogP contribution in [0.2, 0.25) is 0 Å². The van der Waals surface area contributed by atoms with E-state index in [1.807, 2.05) is 59.5 Å². The van der Waals surface area contributed by atoms with Gasteiger partial charge in [-0.2, -0.15) is 0 Å². The van der Waals surface area contributed by atoms with Crippen molar-refractivity contribution < 1.29 is 9.53 Å². The zero-order chi connectivity index (χ0) is 17.8. The number of nitrogens with one attached hydrogen (secondary N) is 1. The summed E-state index contributed by atoms with van der Waals surface area (Å²) in [5.74, 6) is 1.66. The summed E-state index contributed by atoms with van der Waals surface area (Å²) in [5.41, 5.74) is 0.728. The summed E-state index contributed by atoms with van der Waals surface area (Å²) >= 11 is 0. The van der Waals surface area contributed by atoms with Crippen LogP contribution in [0, 0.1) is 0 Å². The lowest BCUT2D eigenvalue weighted by Gasteiger charge is -2.32. The molecule has 1 unspecified atom stereocenters. The van der Waals surface area contributed by atoms with E-state index in [4.69, 9.17) is 4.74 Å². The molecule has 136 valence electrons. The predicted octanol–water partition coefficient (Wildman–Crippen LogP) is 2.60. The zero-order valence-corrected chi connectivity index (χ0v) is 14.9. The fourth-order valence-corrected chi connectivity index (χ4v) is 3.74. The number of carbonyl (C=O) groups excluding carboxylic acids is 1. The van der Waals surface area contributed by atoms with Gasteiger partial charge in [-0.3, -0.25) is 9.69 Å². The second-order valence-corrected chi connectivity index (χ2v) is 6.92. The maximum Gasteiger partial charge on any atom is 0.253 e. The van der Waals surface area contributed by atoms with Crippen LogP contribution in [0.15, 0.2) is 54.6 Å². The molecule has 2 fully saturated rings. The number of piperazine rings is 1. The van der Waals surface area contributed by atoms with E-state index in [1.165, 1.54) is 0 Å². The number of nitrogens with zero attached hydrogens (tertiary/aromatic N) is 2. The van der Waals surface area contributed by atoms with Crippen LogP contribution >= 0.6 is 0 Å². The first-order valence-electron chi connectivity index (χ1n) is 9.36. The molecule has 26 heavy (non-hydrogen) atoms. The van der Waals surface area contributed by atoms with Crippen LogP contribution < -0.4 is 10.1 Å². The SMILES string of the molecule is O=C(c1ccc(Oc2ccccc2)cc1)N1CCC(N2CCNCC2)C1. The molecule has 1 N–H and O–H groups in total. The topological polar surface area (TPSA) is 44.8 Å². The molecule has 0 aliphatic carbocycles. The number of likely N-dealkylation sites (tertiary alicyclic amines) is 1. The molecule has 0 aromatic heterocycles. The van der Waals surface area contributed by atoms with Crippen LogP contribution in [0.5, 0.6) is 11.5 Å². The molecular formula is C21H25N3O2. The molecule has 5 nitrogen and oxygen atoms in total. The van der Waals surface area contributed by atoms with Gasteiger partial charge in [0.1, 0.15) is 11.5 Å². The molecule has 1 amide bonds. The van der Waals surface area contributed by atoms with Crippen molar-refractivity contribution in [3.05, 3.63) is 60.2 Å². The zero-order valence-electron chi connectivity index (χ0n) is 14.9. The summed E-state index contributed by atoms with van der Waals surface area (Å²) in [6.07, 6.45) is 1.07. The van der Waals surface area contributed by atoms with E-state index < -0.39 is 0 Å². The average Bonchev–Trinajstić information content (AvgIpc) is 3.20. The summed E-state index contributed by atoms with van der Waals surface area (Å²) in [6, 6.07) is 17.6. The monoisotopic (exact) mass is 351 g/mol. The van der Waals surface area contributed by atoms with E-state index in [0.29, 0.717) is 6.04 Å². The molecule has 4 rings (SSSR count). The van der Waals surface area contributed by atoms with Gasteiger partial charge in [0, 0.05) is 50.9 Å². The van der Waals surface area contributed by atoms with Gasteiger partial charge in [-0.1, -0.05) is 18.2 Å². The van der Waals surface area contributed by atoms with Crippen LogP contribution in [-0.4, -0.2) is 61.0 Å². The minimum absolute atomic E-state index is 0.119. The molecule has 0 saturated carbocycles. The number of hydrogen-bond acceptors (Lipinski definition) is 4. The Morgan fingerprint density at radius 2 is 1.62 bits per heavy atom. The van der Waals surface area contributed by atoms with Gasteiger partial charge in [-0.15, -0.1) is 0 Å². The number of carbonyl (C=O) groups is 1. The Hall–Kier alpha value is -2.37. The van der Waals surface area contributed by atoms with Crippen LogP contribution in [0.1, 0.15) is 16.8 Å². The maximum absolute atomic E-state index is 12.8. The largest absolute Gasteiger partial charge is 0.457 e. The number of rotatable bonds is 4. The lowest BCUT2D eigenvalue weighted by Crippen LogP contribution is -2.49. The molecular weight excluding hydrogens is 326 g/mol. The molecule has 2 aliphatic heterocycles. The van der Waals surface area contributed by atoms with E-state index in [0.717, 1.165) is 62.8 Å². The van der Waals surface area contributed by atoms with Gasteiger partial charge in [0.15, 0.2) is 0 Å². The summed E-state index contributed by atoms with van der Waals surface area (Å²) in [7, 11) is 0. The van der Waals surface area contributed by atoms with Crippen LogP contribution in [0.4, 0.5) is 0 Å². The first-order valence-corrected chi connectivity index (χ1v) is 9.36. The second kappa shape index (κ2) is 7.89. The molecule has 0 spiro atoms. The highest BCUT2D eigenvalue weighted by Gasteiger charge is 2.31. The summed E-state index contributed by atoms with van der Waals surface area (Å²) in [6.45, 7) is 5.94. The molecule has 1 atom stereocenters. The third kappa shape index (κ3) is 3.89. The highest BCUT2D eigenvalue weighted by Crippen LogP contribution is 2.23. The van der Waals surface area contributed by atoms with Crippen LogP contribution in [0.3, 0.4) is 0 Å².